The monoisotopic (exact) mass is 291 g/mol. The number of fused-ring (bicyclic) bond motifs is 1. The number of hydrogen-bond donors (Lipinski definition) is 1. The molecule has 0 amide bonds. The molecule has 0 unspecified atom stereocenters. The van der Waals surface area contributed by atoms with Gasteiger partial charge in [0.25, 0.3) is 0 Å². The molecule has 2 heterocycles. The molecular formula is C16H25N3O2. The third-order valence-electron chi connectivity index (χ3n) is 4.63. The minimum absolute atomic E-state index is 0.136. The molecule has 0 saturated heterocycles. The van der Waals surface area contributed by atoms with Crippen LogP contribution in [0.1, 0.15) is 56.8 Å². The van der Waals surface area contributed by atoms with Crippen LogP contribution in [-0.2, 0) is 17.9 Å². The van der Waals surface area contributed by atoms with E-state index in [1.54, 1.807) is 0 Å². The van der Waals surface area contributed by atoms with Gasteiger partial charge in [-0.3, -0.25) is 14.4 Å². The molecule has 3 rings (SSSR count). The third-order valence-corrected chi connectivity index (χ3v) is 4.63. The maximum atomic E-state index is 10.9. The van der Waals surface area contributed by atoms with Crippen molar-refractivity contribution in [1.29, 1.82) is 0 Å². The van der Waals surface area contributed by atoms with Gasteiger partial charge in [0.15, 0.2) is 0 Å². The minimum Gasteiger partial charge on any atom is -0.481 e. The van der Waals surface area contributed by atoms with E-state index in [0.29, 0.717) is 5.92 Å². The Morgan fingerprint density at radius 2 is 2.19 bits per heavy atom. The third kappa shape index (κ3) is 3.64. The fourth-order valence-corrected chi connectivity index (χ4v) is 3.07. The van der Waals surface area contributed by atoms with E-state index < -0.39 is 5.97 Å². The van der Waals surface area contributed by atoms with Crippen LogP contribution >= 0.6 is 0 Å². The molecule has 0 aromatic carbocycles. The van der Waals surface area contributed by atoms with Crippen LogP contribution in [0.4, 0.5) is 0 Å². The molecule has 0 spiro atoms. The number of carbonyl (C=O) groups is 1. The van der Waals surface area contributed by atoms with E-state index in [2.05, 4.69) is 15.6 Å². The van der Waals surface area contributed by atoms with Gasteiger partial charge in [0.1, 0.15) is 0 Å². The molecule has 1 aliphatic carbocycles. The second-order valence-electron chi connectivity index (χ2n) is 7.32. The number of aromatic nitrogens is 2. The Bertz CT molecular complexity index is 532. The Morgan fingerprint density at radius 1 is 1.43 bits per heavy atom. The van der Waals surface area contributed by atoms with E-state index in [1.807, 2.05) is 13.8 Å². The first-order valence-corrected chi connectivity index (χ1v) is 7.94. The van der Waals surface area contributed by atoms with Gasteiger partial charge in [-0.25, -0.2) is 0 Å². The van der Waals surface area contributed by atoms with Crippen molar-refractivity contribution in [1.82, 2.24) is 14.7 Å². The summed E-state index contributed by atoms with van der Waals surface area (Å²) in [6, 6.07) is 2.27. The van der Waals surface area contributed by atoms with Crippen molar-refractivity contribution >= 4 is 5.97 Å². The summed E-state index contributed by atoms with van der Waals surface area (Å²) in [5, 5.41) is 13.7. The molecule has 5 nitrogen and oxygen atoms in total. The zero-order valence-corrected chi connectivity index (χ0v) is 13.0. The SMILES string of the molecule is CC(C)(CCN1CCn2nc(C3CC3)cc2C1)CC(=O)O. The van der Waals surface area contributed by atoms with Gasteiger partial charge in [0, 0.05) is 19.0 Å². The van der Waals surface area contributed by atoms with Crippen molar-refractivity contribution in [2.24, 2.45) is 5.41 Å². The molecule has 1 aromatic heterocycles. The Kier molecular flexibility index (Phi) is 3.78. The summed E-state index contributed by atoms with van der Waals surface area (Å²) >= 11 is 0. The second kappa shape index (κ2) is 5.44. The van der Waals surface area contributed by atoms with Crippen molar-refractivity contribution in [2.45, 2.75) is 58.5 Å². The van der Waals surface area contributed by atoms with Gasteiger partial charge >= 0.3 is 5.97 Å². The smallest absolute Gasteiger partial charge is 0.303 e. The molecule has 1 N–H and O–H groups in total. The Labute approximate surface area is 125 Å². The molecule has 1 aromatic rings. The van der Waals surface area contributed by atoms with Crippen molar-refractivity contribution in [3.8, 4) is 0 Å². The minimum atomic E-state index is -0.703. The van der Waals surface area contributed by atoms with E-state index in [-0.39, 0.29) is 11.8 Å². The zero-order chi connectivity index (χ0) is 15.0. The zero-order valence-electron chi connectivity index (χ0n) is 13.0. The lowest BCUT2D eigenvalue weighted by molar-refractivity contribution is -0.139. The summed E-state index contributed by atoms with van der Waals surface area (Å²) in [6.45, 7) is 7.97. The Balaban J connectivity index is 1.55. The van der Waals surface area contributed by atoms with Crippen LogP contribution in [0.15, 0.2) is 6.07 Å². The molecule has 116 valence electrons. The average Bonchev–Trinajstić information content (AvgIpc) is 3.15. The molecule has 1 saturated carbocycles. The molecule has 1 aliphatic heterocycles. The van der Waals surface area contributed by atoms with Crippen LogP contribution in [0.3, 0.4) is 0 Å². The van der Waals surface area contributed by atoms with Gasteiger partial charge < -0.3 is 5.11 Å². The summed E-state index contributed by atoms with van der Waals surface area (Å²) < 4.78 is 2.16. The van der Waals surface area contributed by atoms with Crippen LogP contribution in [0.5, 0.6) is 0 Å². The van der Waals surface area contributed by atoms with E-state index in [1.165, 1.54) is 24.2 Å². The maximum absolute atomic E-state index is 10.9. The highest BCUT2D eigenvalue weighted by Crippen LogP contribution is 2.39. The molecule has 0 atom stereocenters. The first-order valence-electron chi connectivity index (χ1n) is 7.94. The van der Waals surface area contributed by atoms with Crippen molar-refractivity contribution in [3.63, 3.8) is 0 Å². The number of rotatable bonds is 6. The largest absolute Gasteiger partial charge is 0.481 e. The predicted octanol–water partition coefficient (Wildman–Crippen LogP) is 2.47. The lowest BCUT2D eigenvalue weighted by Crippen LogP contribution is -2.36. The molecule has 21 heavy (non-hydrogen) atoms. The molecule has 0 radical (unpaired) electrons. The first kappa shape index (κ1) is 14.6. The summed E-state index contributed by atoms with van der Waals surface area (Å²) in [5.41, 5.74) is 2.46. The molecule has 2 aliphatic rings. The average molecular weight is 291 g/mol. The topological polar surface area (TPSA) is 58.4 Å². The highest BCUT2D eigenvalue weighted by atomic mass is 16.4. The van der Waals surface area contributed by atoms with Crippen LogP contribution in [0.25, 0.3) is 0 Å². The van der Waals surface area contributed by atoms with Crippen molar-refractivity contribution in [2.75, 3.05) is 13.1 Å². The van der Waals surface area contributed by atoms with Gasteiger partial charge in [0.05, 0.1) is 24.4 Å². The number of aliphatic carboxylic acids is 1. The highest BCUT2D eigenvalue weighted by molar-refractivity contribution is 5.67. The van der Waals surface area contributed by atoms with Gasteiger partial charge in [-0.2, -0.15) is 5.10 Å². The number of carboxylic acid groups (broad SMARTS) is 1. The Hall–Kier alpha value is -1.36. The van der Waals surface area contributed by atoms with E-state index in [4.69, 9.17) is 10.2 Å². The fraction of sp³-hybridized carbons (Fsp3) is 0.750. The summed E-state index contributed by atoms with van der Waals surface area (Å²) in [4.78, 5) is 13.3. The molecule has 1 fully saturated rings. The van der Waals surface area contributed by atoms with Crippen molar-refractivity contribution < 1.29 is 9.90 Å². The number of carboxylic acids is 1. The van der Waals surface area contributed by atoms with E-state index in [9.17, 15) is 4.79 Å². The summed E-state index contributed by atoms with van der Waals surface area (Å²) in [6.07, 6.45) is 3.75. The van der Waals surface area contributed by atoms with Crippen LogP contribution in [-0.4, -0.2) is 38.8 Å². The summed E-state index contributed by atoms with van der Waals surface area (Å²) in [7, 11) is 0. The van der Waals surface area contributed by atoms with Crippen LogP contribution < -0.4 is 0 Å². The van der Waals surface area contributed by atoms with Gasteiger partial charge in [-0.15, -0.1) is 0 Å². The van der Waals surface area contributed by atoms with Gasteiger partial charge in [-0.05, 0) is 37.3 Å². The molecular weight excluding hydrogens is 266 g/mol. The van der Waals surface area contributed by atoms with Gasteiger partial charge in [-0.1, -0.05) is 13.8 Å². The molecule has 5 heteroatoms. The standard InChI is InChI=1S/C16H25N3O2/c1-16(2,10-15(20)21)5-6-18-7-8-19-13(11-18)9-14(17-19)12-3-4-12/h9,12H,3-8,10-11H2,1-2H3,(H,20,21). The lowest BCUT2D eigenvalue weighted by atomic mass is 9.85. The molecule has 0 bridgehead atoms. The van der Waals surface area contributed by atoms with Gasteiger partial charge in [0.2, 0.25) is 0 Å². The van der Waals surface area contributed by atoms with Crippen molar-refractivity contribution in [3.05, 3.63) is 17.5 Å². The fourth-order valence-electron chi connectivity index (χ4n) is 3.07. The highest BCUT2D eigenvalue weighted by Gasteiger charge is 2.29. The number of hydrogen-bond acceptors (Lipinski definition) is 3. The van der Waals surface area contributed by atoms with Crippen LogP contribution in [0.2, 0.25) is 0 Å². The lowest BCUT2D eigenvalue weighted by Gasteiger charge is -2.31. The Morgan fingerprint density at radius 3 is 2.86 bits per heavy atom. The maximum Gasteiger partial charge on any atom is 0.303 e. The van der Waals surface area contributed by atoms with E-state index in [0.717, 1.165) is 32.6 Å². The first-order chi connectivity index (χ1) is 9.93. The van der Waals surface area contributed by atoms with Crippen LogP contribution in [0, 0.1) is 5.41 Å². The summed E-state index contributed by atoms with van der Waals surface area (Å²) in [5.74, 6) is 0.0110. The quantitative estimate of drug-likeness (QED) is 0.874. The van der Waals surface area contributed by atoms with E-state index >= 15 is 0 Å². The normalized spacial score (nSPS) is 19.5. The second-order valence-corrected chi connectivity index (χ2v) is 7.32. The number of nitrogens with zero attached hydrogens (tertiary/aromatic N) is 3. The predicted molar refractivity (Wildman–Crippen MR) is 80.1 cm³/mol.